The predicted molar refractivity (Wildman–Crippen MR) is 305 cm³/mol. The van der Waals surface area contributed by atoms with E-state index in [2.05, 4.69) is 237 Å². The van der Waals surface area contributed by atoms with Crippen LogP contribution >= 0.6 is 11.3 Å². The molecule has 2 heteroatoms. The summed E-state index contributed by atoms with van der Waals surface area (Å²) in [6, 6.07) is 81.7. The van der Waals surface area contributed by atoms with Crippen LogP contribution in [0.4, 0.5) is 17.1 Å². The van der Waals surface area contributed by atoms with Gasteiger partial charge in [-0.1, -0.05) is 220 Å². The third kappa shape index (κ3) is 6.46. The van der Waals surface area contributed by atoms with Crippen LogP contribution in [-0.2, 0) is 10.8 Å². The van der Waals surface area contributed by atoms with E-state index in [-0.39, 0.29) is 35.1 Å². The van der Waals surface area contributed by atoms with Crippen molar-refractivity contribution < 1.29 is 6.85 Å². The number of benzene rings is 11. The SMILES string of the molecule is [2H]c1c([2H])c([2H])c(-c2ccc(C3(c4cccc(N(c5ccc(-c6ccccc6)cc5)c5ccc6sc7cccc(-c8ccc9c(c8)C(C)(C)c8ccccc8-9)c7c6c5)c4)c4ccccc4-c4ccccc43)cc2)c([2H])c1[2H]. The van der Waals surface area contributed by atoms with Crippen molar-refractivity contribution in [3.63, 3.8) is 0 Å². The second-order valence-electron chi connectivity index (χ2n) is 19.6. The molecule has 0 aliphatic heterocycles. The molecule has 2 aliphatic rings. The van der Waals surface area contributed by atoms with Gasteiger partial charge in [-0.15, -0.1) is 11.3 Å². The monoisotopic (exact) mass is 940 g/mol. The largest absolute Gasteiger partial charge is 0.310 e. The van der Waals surface area contributed by atoms with Crippen LogP contribution in [0.1, 0.15) is 54.1 Å². The number of anilines is 3. The average Bonchev–Trinajstić information content (AvgIpc) is 4.11. The Morgan fingerprint density at radius 3 is 1.65 bits per heavy atom. The van der Waals surface area contributed by atoms with Crippen molar-refractivity contribution in [3.8, 4) is 55.6 Å². The van der Waals surface area contributed by atoms with Crippen LogP contribution in [0.2, 0.25) is 0 Å². The van der Waals surface area contributed by atoms with Gasteiger partial charge >= 0.3 is 0 Å². The first-order valence-corrected chi connectivity index (χ1v) is 25.5. The molecule has 340 valence electrons. The van der Waals surface area contributed by atoms with Crippen LogP contribution in [0.5, 0.6) is 0 Å². The van der Waals surface area contributed by atoms with E-state index < -0.39 is 11.5 Å². The summed E-state index contributed by atoms with van der Waals surface area (Å²) in [6.45, 7) is 4.70. The lowest BCUT2D eigenvalue weighted by molar-refractivity contribution is 0.660. The van der Waals surface area contributed by atoms with Crippen molar-refractivity contribution >= 4 is 48.6 Å². The topological polar surface area (TPSA) is 3.24 Å². The molecule has 0 saturated carbocycles. The standard InChI is InChI=1S/C70H49NS/c1-69(2)62-27-12-9-23-57(62)60-41-35-50(43-65(60)69)56-26-16-30-67-68(56)61-45-55(40-42-66(61)72-67)71(53-38-33-49(34-39-53)47-19-7-4-8-20-47)54-22-15-21-52(44-54)70(51-36-31-48(32-37-51)46-17-5-3-6-18-46)63-28-13-10-24-58(63)59-25-11-14-29-64(59)70/h3-45H,1-2H3/i3D,5D,6D,17D,18D. The van der Waals surface area contributed by atoms with E-state index >= 15 is 0 Å². The molecule has 0 radical (unpaired) electrons. The fourth-order valence-electron chi connectivity index (χ4n) is 12.1. The summed E-state index contributed by atoms with van der Waals surface area (Å²) in [5.41, 5.74) is 19.6. The first kappa shape index (κ1) is 37.3. The van der Waals surface area contributed by atoms with Gasteiger partial charge in [-0.05, 0) is 144 Å². The lowest BCUT2D eigenvalue weighted by Crippen LogP contribution is -2.28. The zero-order chi connectivity index (χ0) is 52.3. The normalized spacial score (nSPS) is 14.6. The summed E-state index contributed by atoms with van der Waals surface area (Å²) in [5.74, 6) is 0. The van der Waals surface area contributed by atoms with E-state index in [4.69, 9.17) is 6.85 Å². The molecular weight excluding hydrogens is 887 g/mol. The molecule has 0 spiro atoms. The minimum Gasteiger partial charge on any atom is -0.310 e. The van der Waals surface area contributed by atoms with Gasteiger partial charge in [-0.25, -0.2) is 0 Å². The molecular formula is C70H49NS. The number of rotatable bonds is 8. The summed E-state index contributed by atoms with van der Waals surface area (Å²) < 4.78 is 45.3. The molecule has 12 aromatic rings. The van der Waals surface area contributed by atoms with Crippen LogP contribution < -0.4 is 4.90 Å². The van der Waals surface area contributed by atoms with E-state index in [0.717, 1.165) is 61.6 Å². The second-order valence-corrected chi connectivity index (χ2v) is 20.7. The number of nitrogens with zero attached hydrogens (tertiary/aromatic N) is 1. The summed E-state index contributed by atoms with van der Waals surface area (Å²) in [4.78, 5) is 2.39. The second kappa shape index (κ2) is 16.5. The van der Waals surface area contributed by atoms with Crippen LogP contribution in [0.3, 0.4) is 0 Å². The molecule has 0 saturated heterocycles. The maximum Gasteiger partial charge on any atom is 0.0714 e. The highest BCUT2D eigenvalue weighted by Crippen LogP contribution is 2.57. The highest BCUT2D eigenvalue weighted by Gasteiger charge is 2.46. The van der Waals surface area contributed by atoms with Gasteiger partial charge in [0.2, 0.25) is 0 Å². The van der Waals surface area contributed by atoms with Crippen LogP contribution in [0.25, 0.3) is 75.8 Å². The molecule has 0 atom stereocenters. The Kier molecular flexibility index (Phi) is 8.56. The van der Waals surface area contributed by atoms with Crippen molar-refractivity contribution in [2.24, 2.45) is 0 Å². The summed E-state index contributed by atoms with van der Waals surface area (Å²) in [7, 11) is 0. The first-order chi connectivity index (χ1) is 37.5. The maximum atomic E-state index is 8.83. The molecule has 1 aromatic heterocycles. The molecule has 0 fully saturated rings. The zero-order valence-electron chi connectivity index (χ0n) is 44.8. The van der Waals surface area contributed by atoms with Gasteiger partial charge in [-0.2, -0.15) is 0 Å². The Balaban J connectivity index is 0.963. The quantitative estimate of drug-likeness (QED) is 0.147. The Bertz CT molecular complexity index is 4290. The number of hydrogen-bond donors (Lipinski definition) is 0. The fourth-order valence-corrected chi connectivity index (χ4v) is 13.2. The van der Waals surface area contributed by atoms with Gasteiger partial charge in [-0.3, -0.25) is 0 Å². The van der Waals surface area contributed by atoms with E-state index in [1.165, 1.54) is 53.6 Å². The Labute approximate surface area is 432 Å². The molecule has 14 rings (SSSR count). The van der Waals surface area contributed by atoms with Gasteiger partial charge in [0, 0.05) is 42.6 Å². The maximum absolute atomic E-state index is 8.83. The Hall–Kier alpha value is -8.56. The van der Waals surface area contributed by atoms with Gasteiger partial charge in [0.05, 0.1) is 12.3 Å². The molecule has 0 unspecified atom stereocenters. The van der Waals surface area contributed by atoms with Crippen LogP contribution in [0, 0.1) is 0 Å². The predicted octanol–water partition coefficient (Wildman–Crippen LogP) is 19.2. The molecule has 1 heterocycles. The number of thiophene rings is 1. The van der Waals surface area contributed by atoms with Gasteiger partial charge in [0.1, 0.15) is 0 Å². The molecule has 0 N–H and O–H groups in total. The smallest absolute Gasteiger partial charge is 0.0714 e. The number of fused-ring (bicyclic) bond motifs is 9. The Morgan fingerprint density at radius 1 is 0.361 bits per heavy atom. The van der Waals surface area contributed by atoms with Crippen molar-refractivity contribution in [3.05, 3.63) is 294 Å². The minimum atomic E-state index is -0.793. The highest BCUT2D eigenvalue weighted by molar-refractivity contribution is 7.26. The first-order valence-electron chi connectivity index (χ1n) is 27.2. The minimum absolute atomic E-state index is 0.121. The van der Waals surface area contributed by atoms with Crippen molar-refractivity contribution in [1.82, 2.24) is 0 Å². The zero-order valence-corrected chi connectivity index (χ0v) is 40.6. The lowest BCUT2D eigenvalue weighted by Gasteiger charge is -2.35. The average molecular weight is 941 g/mol. The summed E-state index contributed by atoms with van der Waals surface area (Å²) in [6.07, 6.45) is 0. The van der Waals surface area contributed by atoms with E-state index in [1.807, 2.05) is 23.5 Å². The molecule has 0 bridgehead atoms. The molecule has 72 heavy (non-hydrogen) atoms. The number of hydrogen-bond acceptors (Lipinski definition) is 2. The van der Waals surface area contributed by atoms with Gasteiger partial charge < -0.3 is 4.90 Å². The molecule has 2 aliphatic carbocycles. The Morgan fingerprint density at radius 2 is 0.917 bits per heavy atom. The van der Waals surface area contributed by atoms with Gasteiger partial charge in [0.25, 0.3) is 0 Å². The lowest BCUT2D eigenvalue weighted by atomic mass is 9.67. The van der Waals surface area contributed by atoms with E-state index in [0.29, 0.717) is 5.56 Å². The van der Waals surface area contributed by atoms with Crippen LogP contribution in [-0.4, -0.2) is 0 Å². The van der Waals surface area contributed by atoms with Crippen molar-refractivity contribution in [1.29, 1.82) is 0 Å². The van der Waals surface area contributed by atoms with E-state index in [1.54, 1.807) is 0 Å². The fraction of sp³-hybridized carbons (Fsp3) is 0.0571. The van der Waals surface area contributed by atoms with Crippen LogP contribution in [0.15, 0.2) is 261 Å². The van der Waals surface area contributed by atoms with Gasteiger partial charge in [0.15, 0.2) is 0 Å². The molecule has 11 aromatic carbocycles. The highest BCUT2D eigenvalue weighted by atomic mass is 32.1. The third-order valence-electron chi connectivity index (χ3n) is 15.5. The molecule has 0 amide bonds. The van der Waals surface area contributed by atoms with Crippen molar-refractivity contribution in [2.45, 2.75) is 24.7 Å². The molecule has 1 nitrogen and oxygen atoms in total. The third-order valence-corrected chi connectivity index (χ3v) is 16.6. The van der Waals surface area contributed by atoms with Crippen molar-refractivity contribution in [2.75, 3.05) is 4.90 Å². The summed E-state index contributed by atoms with van der Waals surface area (Å²) in [5, 5.41) is 2.46. The summed E-state index contributed by atoms with van der Waals surface area (Å²) >= 11 is 1.84. The van der Waals surface area contributed by atoms with E-state index in [9.17, 15) is 0 Å².